The molecule has 0 saturated carbocycles. The summed E-state index contributed by atoms with van der Waals surface area (Å²) in [5, 5.41) is 3.27. The minimum Gasteiger partial charge on any atom is -0.320 e. The molecule has 1 heteroatoms. The summed E-state index contributed by atoms with van der Waals surface area (Å²) in [6.07, 6.45) is 1.20. The van der Waals surface area contributed by atoms with E-state index in [-0.39, 0.29) is 0 Å². The SMILES string of the molecule is CNCCC(c1cc(C)cc(C)c1)C(C)(C)C. The Morgan fingerprint density at radius 1 is 1.06 bits per heavy atom. The molecule has 0 heterocycles. The second-order valence-electron chi connectivity index (χ2n) is 6.23. The Hall–Kier alpha value is -0.820. The first kappa shape index (κ1) is 14.2. The minimum absolute atomic E-state index is 0.317. The molecule has 0 aliphatic carbocycles. The van der Waals surface area contributed by atoms with Crippen molar-refractivity contribution in [1.29, 1.82) is 0 Å². The van der Waals surface area contributed by atoms with Gasteiger partial charge in [0.05, 0.1) is 0 Å². The highest BCUT2D eigenvalue weighted by atomic mass is 14.8. The third-order valence-electron chi connectivity index (χ3n) is 3.37. The fraction of sp³-hybridized carbons (Fsp3) is 0.625. The Morgan fingerprint density at radius 3 is 2.00 bits per heavy atom. The molecular formula is C16H27N. The molecule has 17 heavy (non-hydrogen) atoms. The van der Waals surface area contributed by atoms with Crippen molar-refractivity contribution in [3.8, 4) is 0 Å². The molecule has 0 aliphatic heterocycles. The van der Waals surface area contributed by atoms with Crippen LogP contribution in [0.5, 0.6) is 0 Å². The number of rotatable bonds is 4. The fourth-order valence-electron chi connectivity index (χ4n) is 2.60. The number of hydrogen-bond acceptors (Lipinski definition) is 1. The van der Waals surface area contributed by atoms with Crippen molar-refractivity contribution in [2.75, 3.05) is 13.6 Å². The molecule has 1 N–H and O–H groups in total. The number of hydrogen-bond donors (Lipinski definition) is 1. The van der Waals surface area contributed by atoms with E-state index >= 15 is 0 Å². The van der Waals surface area contributed by atoms with E-state index in [1.807, 2.05) is 7.05 Å². The van der Waals surface area contributed by atoms with E-state index < -0.39 is 0 Å². The quantitative estimate of drug-likeness (QED) is 0.827. The second kappa shape index (κ2) is 5.68. The number of benzene rings is 1. The topological polar surface area (TPSA) is 12.0 Å². The second-order valence-corrected chi connectivity index (χ2v) is 6.23. The van der Waals surface area contributed by atoms with Crippen molar-refractivity contribution in [2.45, 2.75) is 47.0 Å². The van der Waals surface area contributed by atoms with Gasteiger partial charge >= 0.3 is 0 Å². The molecule has 0 spiro atoms. The van der Waals surface area contributed by atoms with E-state index in [4.69, 9.17) is 0 Å². The lowest BCUT2D eigenvalue weighted by atomic mass is 9.74. The zero-order valence-electron chi connectivity index (χ0n) is 12.2. The van der Waals surface area contributed by atoms with Crippen molar-refractivity contribution in [3.05, 3.63) is 34.9 Å². The lowest BCUT2D eigenvalue weighted by molar-refractivity contribution is 0.303. The van der Waals surface area contributed by atoms with Gasteiger partial charge in [0.25, 0.3) is 0 Å². The molecule has 1 nitrogen and oxygen atoms in total. The van der Waals surface area contributed by atoms with Crippen LogP contribution in [0.1, 0.15) is 49.8 Å². The molecule has 1 aromatic carbocycles. The van der Waals surface area contributed by atoms with Gasteiger partial charge in [-0.05, 0) is 50.8 Å². The molecule has 0 fully saturated rings. The predicted octanol–water partition coefficient (Wildman–Crippen LogP) is 4.04. The largest absolute Gasteiger partial charge is 0.320 e. The highest BCUT2D eigenvalue weighted by Crippen LogP contribution is 2.38. The third kappa shape index (κ3) is 4.16. The van der Waals surface area contributed by atoms with Crippen LogP contribution in [0.4, 0.5) is 0 Å². The molecule has 1 rings (SSSR count). The zero-order chi connectivity index (χ0) is 13.1. The first-order valence-electron chi connectivity index (χ1n) is 6.57. The van der Waals surface area contributed by atoms with Gasteiger partial charge in [0.1, 0.15) is 0 Å². The van der Waals surface area contributed by atoms with Crippen LogP contribution in [-0.4, -0.2) is 13.6 Å². The van der Waals surface area contributed by atoms with E-state index in [2.05, 4.69) is 58.1 Å². The summed E-state index contributed by atoms with van der Waals surface area (Å²) < 4.78 is 0. The molecule has 0 amide bonds. The molecular weight excluding hydrogens is 206 g/mol. The Bertz CT molecular complexity index is 340. The molecule has 0 aliphatic rings. The van der Waals surface area contributed by atoms with Crippen molar-refractivity contribution in [2.24, 2.45) is 5.41 Å². The lowest BCUT2D eigenvalue weighted by Gasteiger charge is -2.32. The van der Waals surface area contributed by atoms with Gasteiger partial charge in [-0.2, -0.15) is 0 Å². The van der Waals surface area contributed by atoms with Crippen LogP contribution >= 0.6 is 0 Å². The summed E-state index contributed by atoms with van der Waals surface area (Å²) >= 11 is 0. The molecule has 96 valence electrons. The van der Waals surface area contributed by atoms with Crippen LogP contribution in [0, 0.1) is 19.3 Å². The number of nitrogens with one attached hydrogen (secondary N) is 1. The summed E-state index contributed by atoms with van der Waals surface area (Å²) in [6, 6.07) is 6.94. The Kier molecular flexibility index (Phi) is 4.76. The Balaban J connectivity index is 3.03. The van der Waals surface area contributed by atoms with Gasteiger partial charge in [0.15, 0.2) is 0 Å². The van der Waals surface area contributed by atoms with E-state index in [0.717, 1.165) is 6.54 Å². The minimum atomic E-state index is 0.317. The summed E-state index contributed by atoms with van der Waals surface area (Å²) in [5.74, 6) is 0.619. The maximum absolute atomic E-state index is 3.27. The van der Waals surface area contributed by atoms with Crippen LogP contribution in [0.25, 0.3) is 0 Å². The first-order valence-corrected chi connectivity index (χ1v) is 6.57. The molecule has 0 aromatic heterocycles. The third-order valence-corrected chi connectivity index (χ3v) is 3.37. The van der Waals surface area contributed by atoms with Crippen molar-refractivity contribution in [3.63, 3.8) is 0 Å². The molecule has 1 unspecified atom stereocenters. The number of aryl methyl sites for hydroxylation is 2. The van der Waals surface area contributed by atoms with Gasteiger partial charge in [-0.25, -0.2) is 0 Å². The van der Waals surface area contributed by atoms with Crippen molar-refractivity contribution in [1.82, 2.24) is 5.32 Å². The van der Waals surface area contributed by atoms with Crippen molar-refractivity contribution < 1.29 is 0 Å². The van der Waals surface area contributed by atoms with Gasteiger partial charge in [0.2, 0.25) is 0 Å². The molecule has 0 saturated heterocycles. The van der Waals surface area contributed by atoms with Crippen molar-refractivity contribution >= 4 is 0 Å². The highest BCUT2D eigenvalue weighted by Gasteiger charge is 2.25. The van der Waals surface area contributed by atoms with Gasteiger partial charge < -0.3 is 5.32 Å². The Morgan fingerprint density at radius 2 is 1.59 bits per heavy atom. The summed E-state index contributed by atoms with van der Waals surface area (Å²) in [6.45, 7) is 12.5. The monoisotopic (exact) mass is 233 g/mol. The lowest BCUT2D eigenvalue weighted by Crippen LogP contribution is -2.23. The first-order chi connectivity index (χ1) is 7.84. The van der Waals surface area contributed by atoms with Gasteiger partial charge in [-0.1, -0.05) is 50.1 Å². The Labute approximate surface area is 107 Å². The maximum atomic E-state index is 3.27. The maximum Gasteiger partial charge on any atom is -0.00459 e. The van der Waals surface area contributed by atoms with Gasteiger partial charge in [-0.3, -0.25) is 0 Å². The standard InChI is InChI=1S/C16H27N/c1-12-9-13(2)11-14(10-12)15(7-8-17-6)16(3,4)5/h9-11,15,17H,7-8H2,1-6H3. The molecule has 0 radical (unpaired) electrons. The molecule has 1 atom stereocenters. The fourth-order valence-corrected chi connectivity index (χ4v) is 2.60. The molecule has 0 bridgehead atoms. The summed E-state index contributed by atoms with van der Waals surface area (Å²) in [5.41, 5.74) is 4.56. The van der Waals surface area contributed by atoms with Crippen LogP contribution in [0.2, 0.25) is 0 Å². The van der Waals surface area contributed by atoms with Crippen LogP contribution in [-0.2, 0) is 0 Å². The van der Waals surface area contributed by atoms with Gasteiger partial charge in [-0.15, -0.1) is 0 Å². The van der Waals surface area contributed by atoms with Crippen LogP contribution < -0.4 is 5.32 Å². The summed E-state index contributed by atoms with van der Waals surface area (Å²) in [7, 11) is 2.03. The van der Waals surface area contributed by atoms with Crippen LogP contribution in [0.15, 0.2) is 18.2 Å². The van der Waals surface area contributed by atoms with E-state index in [1.165, 1.54) is 23.1 Å². The average molecular weight is 233 g/mol. The van der Waals surface area contributed by atoms with Crippen LogP contribution in [0.3, 0.4) is 0 Å². The summed E-state index contributed by atoms with van der Waals surface area (Å²) in [4.78, 5) is 0. The highest BCUT2D eigenvalue weighted by molar-refractivity contribution is 5.32. The van der Waals surface area contributed by atoms with E-state index in [9.17, 15) is 0 Å². The zero-order valence-corrected chi connectivity index (χ0v) is 12.2. The average Bonchev–Trinajstić information content (AvgIpc) is 2.14. The smallest absolute Gasteiger partial charge is 0.00459 e. The van der Waals surface area contributed by atoms with E-state index in [1.54, 1.807) is 0 Å². The predicted molar refractivity (Wildman–Crippen MR) is 76.7 cm³/mol. The molecule has 1 aromatic rings. The van der Waals surface area contributed by atoms with E-state index in [0.29, 0.717) is 11.3 Å². The normalized spacial score (nSPS) is 13.8. The van der Waals surface area contributed by atoms with Gasteiger partial charge in [0, 0.05) is 0 Å².